The Hall–Kier alpha value is -0.515. The van der Waals surface area contributed by atoms with Crippen molar-refractivity contribution in [3.63, 3.8) is 0 Å². The summed E-state index contributed by atoms with van der Waals surface area (Å²) in [6.45, 7) is 1.79. The van der Waals surface area contributed by atoms with Crippen LogP contribution in [0.4, 0.5) is 0 Å². The van der Waals surface area contributed by atoms with E-state index in [0.717, 1.165) is 10.0 Å². The van der Waals surface area contributed by atoms with E-state index in [1.54, 1.807) is 19.1 Å². The molecule has 0 atom stereocenters. The molecule has 0 aliphatic heterocycles. The third-order valence-electron chi connectivity index (χ3n) is 1.89. The number of halogens is 1. The number of benzene rings is 1. The third kappa shape index (κ3) is 2.04. The summed E-state index contributed by atoms with van der Waals surface area (Å²) in [5.41, 5.74) is 1.17. The first-order chi connectivity index (χ1) is 6.07. The lowest BCUT2D eigenvalue weighted by Gasteiger charge is -2.11. The van der Waals surface area contributed by atoms with Gasteiger partial charge in [-0.15, -0.1) is 0 Å². The zero-order chi connectivity index (χ0) is 10.0. The number of ether oxygens (including phenoxy) is 1. The van der Waals surface area contributed by atoms with E-state index in [0.29, 0.717) is 11.2 Å². The molecule has 0 aliphatic carbocycles. The van der Waals surface area contributed by atoms with Gasteiger partial charge in [-0.2, -0.15) is 0 Å². The maximum absolute atomic E-state index is 9.10. The minimum absolute atomic E-state index is 0.400. The van der Waals surface area contributed by atoms with Gasteiger partial charge in [0.2, 0.25) is 0 Å². The topological polar surface area (TPSA) is 49.7 Å². The second-order valence-electron chi connectivity index (χ2n) is 2.66. The largest absolute Gasteiger partial charge is 0.497 e. The molecular formula is C8H10BBrO3. The summed E-state index contributed by atoms with van der Waals surface area (Å²) in [5.74, 6) is 0.482. The lowest BCUT2D eigenvalue weighted by atomic mass is 9.76. The molecule has 0 aliphatic rings. The van der Waals surface area contributed by atoms with E-state index in [9.17, 15) is 0 Å². The van der Waals surface area contributed by atoms with Crippen LogP contribution < -0.4 is 10.2 Å². The fraction of sp³-hybridized carbons (Fsp3) is 0.250. The Morgan fingerprint density at radius 2 is 2.00 bits per heavy atom. The summed E-state index contributed by atoms with van der Waals surface area (Å²) < 4.78 is 5.83. The summed E-state index contributed by atoms with van der Waals surface area (Å²) in [6, 6.07) is 3.49. The van der Waals surface area contributed by atoms with Crippen LogP contribution >= 0.6 is 15.9 Å². The van der Waals surface area contributed by atoms with Gasteiger partial charge in [-0.25, -0.2) is 0 Å². The van der Waals surface area contributed by atoms with Crippen LogP contribution in [0.5, 0.6) is 5.75 Å². The number of hydrogen-bond acceptors (Lipinski definition) is 3. The lowest BCUT2D eigenvalue weighted by molar-refractivity contribution is 0.402. The summed E-state index contributed by atoms with van der Waals surface area (Å²) >= 11 is 3.30. The van der Waals surface area contributed by atoms with Crippen LogP contribution in [0, 0.1) is 6.92 Å². The smallest absolute Gasteiger partial charge is 0.492 e. The van der Waals surface area contributed by atoms with E-state index in [4.69, 9.17) is 14.8 Å². The maximum atomic E-state index is 9.10. The van der Waals surface area contributed by atoms with Gasteiger partial charge in [-0.05, 0) is 24.6 Å². The lowest BCUT2D eigenvalue weighted by Crippen LogP contribution is -2.33. The highest BCUT2D eigenvalue weighted by Crippen LogP contribution is 2.19. The summed E-state index contributed by atoms with van der Waals surface area (Å²) in [6.07, 6.45) is 0. The molecule has 13 heavy (non-hydrogen) atoms. The van der Waals surface area contributed by atoms with Crippen molar-refractivity contribution in [1.29, 1.82) is 0 Å². The van der Waals surface area contributed by atoms with E-state index in [1.165, 1.54) is 7.11 Å². The molecule has 2 N–H and O–H groups in total. The van der Waals surface area contributed by atoms with Gasteiger partial charge in [0, 0.05) is 9.94 Å². The molecule has 0 saturated heterocycles. The Morgan fingerprint density at radius 3 is 2.46 bits per heavy atom. The predicted octanol–water partition coefficient (Wildman–Crippen LogP) is 0.446. The Morgan fingerprint density at radius 1 is 1.38 bits per heavy atom. The van der Waals surface area contributed by atoms with E-state index in [-0.39, 0.29) is 0 Å². The van der Waals surface area contributed by atoms with Crippen LogP contribution in [-0.2, 0) is 0 Å². The van der Waals surface area contributed by atoms with E-state index in [2.05, 4.69) is 15.9 Å². The average molecular weight is 245 g/mol. The summed E-state index contributed by atoms with van der Waals surface area (Å²) in [4.78, 5) is 0. The van der Waals surface area contributed by atoms with Gasteiger partial charge < -0.3 is 14.8 Å². The fourth-order valence-corrected chi connectivity index (χ4v) is 1.52. The minimum atomic E-state index is -1.51. The van der Waals surface area contributed by atoms with Gasteiger partial charge in [-0.1, -0.05) is 15.9 Å². The molecule has 1 aromatic rings. The molecule has 0 bridgehead atoms. The highest BCUT2D eigenvalue weighted by molar-refractivity contribution is 9.10. The van der Waals surface area contributed by atoms with Crippen molar-refractivity contribution in [3.8, 4) is 5.75 Å². The molecule has 0 radical (unpaired) electrons. The maximum Gasteiger partial charge on any atom is 0.492 e. The van der Waals surface area contributed by atoms with Crippen molar-refractivity contribution in [2.75, 3.05) is 7.11 Å². The Bertz CT molecular complexity index is 315. The first-order valence-corrected chi connectivity index (χ1v) is 4.56. The van der Waals surface area contributed by atoms with Crippen LogP contribution in [0.25, 0.3) is 0 Å². The molecule has 70 valence electrons. The number of rotatable bonds is 2. The standard InChI is InChI=1S/C8H10BBrO3/c1-5-6(10)3-4-7(13-2)8(5)9(11)12/h3-4,11-12H,1-2H3. The van der Waals surface area contributed by atoms with Crippen LogP contribution in [0.1, 0.15) is 5.56 Å². The van der Waals surface area contributed by atoms with Gasteiger partial charge in [0.1, 0.15) is 5.75 Å². The molecular weight excluding hydrogens is 235 g/mol. The van der Waals surface area contributed by atoms with Crippen molar-refractivity contribution in [2.24, 2.45) is 0 Å². The zero-order valence-electron chi connectivity index (χ0n) is 7.41. The molecule has 1 aromatic carbocycles. The van der Waals surface area contributed by atoms with Gasteiger partial charge in [-0.3, -0.25) is 0 Å². The quantitative estimate of drug-likeness (QED) is 0.743. The van der Waals surface area contributed by atoms with E-state index >= 15 is 0 Å². The van der Waals surface area contributed by atoms with Gasteiger partial charge >= 0.3 is 7.12 Å². The van der Waals surface area contributed by atoms with E-state index in [1.807, 2.05) is 0 Å². The van der Waals surface area contributed by atoms with Crippen molar-refractivity contribution < 1.29 is 14.8 Å². The molecule has 0 spiro atoms. The molecule has 0 saturated carbocycles. The highest BCUT2D eigenvalue weighted by Gasteiger charge is 2.20. The number of methoxy groups -OCH3 is 1. The van der Waals surface area contributed by atoms with Crippen LogP contribution in [0.3, 0.4) is 0 Å². The van der Waals surface area contributed by atoms with Crippen molar-refractivity contribution in [2.45, 2.75) is 6.92 Å². The molecule has 0 amide bonds. The second kappa shape index (κ2) is 4.13. The molecule has 1 rings (SSSR count). The normalized spacial score (nSPS) is 9.92. The Labute approximate surface area is 85.6 Å². The monoisotopic (exact) mass is 244 g/mol. The summed E-state index contributed by atoms with van der Waals surface area (Å²) in [7, 11) is -0.0124. The highest BCUT2D eigenvalue weighted by atomic mass is 79.9. The van der Waals surface area contributed by atoms with Crippen LogP contribution in [0.15, 0.2) is 16.6 Å². The molecule has 0 heterocycles. The molecule has 0 unspecified atom stereocenters. The van der Waals surface area contributed by atoms with Gasteiger partial charge in [0.05, 0.1) is 7.11 Å². The molecule has 0 fully saturated rings. The van der Waals surface area contributed by atoms with Crippen molar-refractivity contribution in [3.05, 3.63) is 22.2 Å². The summed E-state index contributed by atoms with van der Waals surface area (Å²) in [5, 5.41) is 18.2. The van der Waals surface area contributed by atoms with Crippen molar-refractivity contribution in [1.82, 2.24) is 0 Å². The van der Waals surface area contributed by atoms with Gasteiger partial charge in [0.25, 0.3) is 0 Å². The fourth-order valence-electron chi connectivity index (χ4n) is 1.18. The molecule has 3 nitrogen and oxygen atoms in total. The Balaban J connectivity index is 3.32. The first kappa shape index (κ1) is 10.6. The van der Waals surface area contributed by atoms with E-state index < -0.39 is 7.12 Å². The minimum Gasteiger partial charge on any atom is -0.497 e. The predicted molar refractivity (Wildman–Crippen MR) is 55.3 cm³/mol. The van der Waals surface area contributed by atoms with Gasteiger partial charge in [0.15, 0.2) is 0 Å². The first-order valence-electron chi connectivity index (χ1n) is 3.77. The second-order valence-corrected chi connectivity index (χ2v) is 3.52. The van der Waals surface area contributed by atoms with Crippen LogP contribution in [-0.4, -0.2) is 24.3 Å². The Kier molecular flexibility index (Phi) is 3.36. The SMILES string of the molecule is COc1ccc(Br)c(C)c1B(O)O. The molecule has 0 aromatic heterocycles. The van der Waals surface area contributed by atoms with Crippen LogP contribution in [0.2, 0.25) is 0 Å². The third-order valence-corrected chi connectivity index (χ3v) is 2.75. The number of hydrogen-bond donors (Lipinski definition) is 2. The molecule has 5 heteroatoms. The average Bonchev–Trinajstić information content (AvgIpc) is 2.08. The zero-order valence-corrected chi connectivity index (χ0v) is 9.00. The van der Waals surface area contributed by atoms with Crippen molar-refractivity contribution >= 4 is 28.5 Å².